The van der Waals surface area contributed by atoms with Gasteiger partial charge >= 0.3 is 0 Å². The van der Waals surface area contributed by atoms with Crippen LogP contribution in [0.1, 0.15) is 23.7 Å². The molecule has 0 bridgehead atoms. The van der Waals surface area contributed by atoms with Gasteiger partial charge in [-0.3, -0.25) is 0 Å². The van der Waals surface area contributed by atoms with Gasteiger partial charge in [0.1, 0.15) is 0 Å². The van der Waals surface area contributed by atoms with Crippen molar-refractivity contribution in [2.75, 3.05) is 13.2 Å². The van der Waals surface area contributed by atoms with Gasteiger partial charge in [0, 0.05) is 18.1 Å². The van der Waals surface area contributed by atoms with Crippen molar-refractivity contribution >= 4 is 0 Å². The van der Waals surface area contributed by atoms with Crippen LogP contribution in [0.3, 0.4) is 0 Å². The summed E-state index contributed by atoms with van der Waals surface area (Å²) in [7, 11) is 0. The summed E-state index contributed by atoms with van der Waals surface area (Å²) in [6.45, 7) is 2.46. The summed E-state index contributed by atoms with van der Waals surface area (Å²) in [5.74, 6) is -1.97. The SMILES string of the molecule is Cc1ccc(C(O)C2CCOC2)c(F)c1F. The van der Waals surface area contributed by atoms with E-state index in [1.807, 2.05) is 0 Å². The fourth-order valence-electron chi connectivity index (χ4n) is 1.95. The van der Waals surface area contributed by atoms with Gasteiger partial charge < -0.3 is 9.84 Å². The van der Waals surface area contributed by atoms with Gasteiger partial charge in [-0.15, -0.1) is 0 Å². The quantitative estimate of drug-likeness (QED) is 0.841. The molecule has 88 valence electrons. The van der Waals surface area contributed by atoms with Crippen molar-refractivity contribution in [1.29, 1.82) is 0 Å². The van der Waals surface area contributed by atoms with Crippen LogP contribution in [-0.4, -0.2) is 18.3 Å². The monoisotopic (exact) mass is 228 g/mol. The van der Waals surface area contributed by atoms with E-state index in [2.05, 4.69) is 0 Å². The molecule has 1 heterocycles. The van der Waals surface area contributed by atoms with Crippen LogP contribution in [0.15, 0.2) is 12.1 Å². The molecular formula is C12H14F2O2. The Kier molecular flexibility index (Phi) is 3.21. The van der Waals surface area contributed by atoms with Crippen molar-refractivity contribution in [1.82, 2.24) is 0 Å². The van der Waals surface area contributed by atoms with E-state index in [1.54, 1.807) is 0 Å². The van der Waals surface area contributed by atoms with Crippen LogP contribution >= 0.6 is 0 Å². The standard InChI is InChI=1S/C12H14F2O2/c1-7-2-3-9(11(14)10(7)13)12(15)8-4-5-16-6-8/h2-3,8,12,15H,4-6H2,1H3. The Morgan fingerprint density at radius 3 is 2.75 bits per heavy atom. The molecule has 0 aromatic heterocycles. The lowest BCUT2D eigenvalue weighted by Crippen LogP contribution is -2.15. The molecule has 0 radical (unpaired) electrons. The fraction of sp³-hybridized carbons (Fsp3) is 0.500. The zero-order chi connectivity index (χ0) is 11.7. The summed E-state index contributed by atoms with van der Waals surface area (Å²) in [5.41, 5.74) is 0.273. The van der Waals surface area contributed by atoms with Gasteiger partial charge in [-0.2, -0.15) is 0 Å². The molecule has 1 fully saturated rings. The van der Waals surface area contributed by atoms with Gasteiger partial charge in [0.15, 0.2) is 11.6 Å². The molecule has 1 aromatic rings. The number of aliphatic hydroxyl groups excluding tert-OH is 1. The Hall–Kier alpha value is -1.00. The highest BCUT2D eigenvalue weighted by molar-refractivity contribution is 5.27. The largest absolute Gasteiger partial charge is 0.388 e. The highest BCUT2D eigenvalue weighted by atomic mass is 19.2. The molecule has 0 amide bonds. The number of rotatable bonds is 2. The molecule has 0 saturated carbocycles. The van der Waals surface area contributed by atoms with Crippen LogP contribution in [0.4, 0.5) is 8.78 Å². The lowest BCUT2D eigenvalue weighted by molar-refractivity contribution is 0.0883. The summed E-state index contributed by atoms with van der Waals surface area (Å²) >= 11 is 0. The van der Waals surface area contributed by atoms with Gasteiger partial charge in [0.25, 0.3) is 0 Å². The van der Waals surface area contributed by atoms with Crippen molar-refractivity contribution in [2.24, 2.45) is 5.92 Å². The molecule has 1 aliphatic heterocycles. The third-order valence-corrected chi connectivity index (χ3v) is 3.04. The molecule has 1 aromatic carbocycles. The Bertz CT molecular complexity index is 387. The Morgan fingerprint density at radius 2 is 2.12 bits per heavy atom. The predicted molar refractivity (Wildman–Crippen MR) is 55.0 cm³/mol. The van der Waals surface area contributed by atoms with Crippen molar-refractivity contribution < 1.29 is 18.6 Å². The van der Waals surface area contributed by atoms with Gasteiger partial charge in [0.05, 0.1) is 12.7 Å². The van der Waals surface area contributed by atoms with E-state index in [-0.39, 0.29) is 17.0 Å². The maximum Gasteiger partial charge on any atom is 0.164 e. The van der Waals surface area contributed by atoms with Crippen molar-refractivity contribution in [3.63, 3.8) is 0 Å². The Labute approximate surface area is 92.9 Å². The van der Waals surface area contributed by atoms with Crippen LogP contribution < -0.4 is 0 Å². The maximum atomic E-state index is 13.6. The molecule has 2 atom stereocenters. The topological polar surface area (TPSA) is 29.5 Å². The second-order valence-corrected chi connectivity index (χ2v) is 4.17. The number of aliphatic hydroxyl groups is 1. The molecule has 1 N–H and O–H groups in total. The summed E-state index contributed by atoms with van der Waals surface area (Å²) in [5, 5.41) is 9.93. The molecule has 2 nitrogen and oxygen atoms in total. The molecular weight excluding hydrogens is 214 g/mol. The summed E-state index contributed by atoms with van der Waals surface area (Å²) in [4.78, 5) is 0. The van der Waals surface area contributed by atoms with E-state index in [1.165, 1.54) is 19.1 Å². The number of hydrogen-bond donors (Lipinski definition) is 1. The van der Waals surface area contributed by atoms with E-state index in [0.29, 0.717) is 19.6 Å². The van der Waals surface area contributed by atoms with Crippen LogP contribution in [0.25, 0.3) is 0 Å². The minimum atomic E-state index is -0.988. The zero-order valence-electron chi connectivity index (χ0n) is 9.04. The maximum absolute atomic E-state index is 13.6. The average molecular weight is 228 g/mol. The van der Waals surface area contributed by atoms with E-state index in [0.717, 1.165) is 0 Å². The molecule has 4 heteroatoms. The first-order valence-corrected chi connectivity index (χ1v) is 5.31. The van der Waals surface area contributed by atoms with E-state index in [4.69, 9.17) is 4.74 Å². The number of ether oxygens (including phenoxy) is 1. The van der Waals surface area contributed by atoms with Crippen LogP contribution in [0.2, 0.25) is 0 Å². The van der Waals surface area contributed by atoms with Gasteiger partial charge in [-0.1, -0.05) is 12.1 Å². The lowest BCUT2D eigenvalue weighted by atomic mass is 9.94. The lowest BCUT2D eigenvalue weighted by Gasteiger charge is -2.18. The molecule has 2 unspecified atom stereocenters. The zero-order valence-corrected chi connectivity index (χ0v) is 9.04. The van der Waals surface area contributed by atoms with Crippen LogP contribution in [-0.2, 0) is 4.74 Å². The Morgan fingerprint density at radius 1 is 1.38 bits per heavy atom. The first-order chi connectivity index (χ1) is 7.61. The van der Waals surface area contributed by atoms with E-state index >= 15 is 0 Å². The molecule has 0 spiro atoms. The van der Waals surface area contributed by atoms with Gasteiger partial charge in [-0.05, 0) is 18.9 Å². The second-order valence-electron chi connectivity index (χ2n) is 4.17. The summed E-state index contributed by atoms with van der Waals surface area (Å²) in [6, 6.07) is 2.92. The first-order valence-electron chi connectivity index (χ1n) is 5.31. The third kappa shape index (κ3) is 1.95. The van der Waals surface area contributed by atoms with E-state index < -0.39 is 17.7 Å². The van der Waals surface area contributed by atoms with Gasteiger partial charge in [0.2, 0.25) is 0 Å². The normalized spacial score (nSPS) is 22.4. The highest BCUT2D eigenvalue weighted by Crippen LogP contribution is 2.31. The predicted octanol–water partition coefficient (Wildman–Crippen LogP) is 2.34. The smallest absolute Gasteiger partial charge is 0.164 e. The molecule has 1 saturated heterocycles. The minimum Gasteiger partial charge on any atom is -0.388 e. The van der Waals surface area contributed by atoms with E-state index in [9.17, 15) is 13.9 Å². The third-order valence-electron chi connectivity index (χ3n) is 3.04. The van der Waals surface area contributed by atoms with Crippen molar-refractivity contribution in [3.05, 3.63) is 34.9 Å². The fourth-order valence-corrected chi connectivity index (χ4v) is 1.95. The van der Waals surface area contributed by atoms with Crippen molar-refractivity contribution in [2.45, 2.75) is 19.4 Å². The highest BCUT2D eigenvalue weighted by Gasteiger charge is 2.28. The average Bonchev–Trinajstić information content (AvgIpc) is 2.79. The van der Waals surface area contributed by atoms with Crippen molar-refractivity contribution in [3.8, 4) is 0 Å². The van der Waals surface area contributed by atoms with Gasteiger partial charge in [-0.25, -0.2) is 8.78 Å². The number of hydrogen-bond acceptors (Lipinski definition) is 2. The molecule has 0 aliphatic carbocycles. The Balaban J connectivity index is 2.29. The number of benzene rings is 1. The number of aryl methyl sites for hydroxylation is 1. The molecule has 1 aliphatic rings. The van der Waals surface area contributed by atoms with Crippen LogP contribution in [0.5, 0.6) is 0 Å². The van der Waals surface area contributed by atoms with Crippen LogP contribution in [0, 0.1) is 24.5 Å². The minimum absolute atomic E-state index is 0.0265. The number of halogens is 2. The molecule has 16 heavy (non-hydrogen) atoms. The summed E-state index contributed by atoms with van der Waals surface area (Å²) < 4.78 is 32.0. The summed E-state index contributed by atoms with van der Waals surface area (Å²) in [6.07, 6.45) is -0.312. The second kappa shape index (κ2) is 4.47. The molecule has 2 rings (SSSR count). The first kappa shape index (κ1) is 11.5.